The highest BCUT2D eigenvalue weighted by Gasteiger charge is 2.71. The van der Waals surface area contributed by atoms with Crippen LogP contribution in [0.4, 0.5) is 0 Å². The number of hydrogen-bond acceptors (Lipinski definition) is 18. The van der Waals surface area contributed by atoms with Crippen molar-refractivity contribution in [2.45, 2.75) is 197 Å². The number of ether oxygens (including phenoxy) is 11. The molecule has 0 aromatic heterocycles. The summed E-state index contributed by atoms with van der Waals surface area (Å²) in [7, 11) is 0. The van der Waals surface area contributed by atoms with Crippen molar-refractivity contribution in [1.29, 1.82) is 0 Å². The first kappa shape index (κ1) is 46.3. The lowest BCUT2D eigenvalue weighted by atomic mass is 9.42. The van der Waals surface area contributed by atoms with E-state index in [0.717, 1.165) is 37.7 Å². The van der Waals surface area contributed by atoms with E-state index in [4.69, 9.17) is 52.1 Å². The van der Waals surface area contributed by atoms with Crippen LogP contribution in [0.5, 0.6) is 0 Å². The summed E-state index contributed by atoms with van der Waals surface area (Å²) in [4.78, 5) is 57.7. The highest BCUT2D eigenvalue weighted by Crippen LogP contribution is 2.70. The van der Waals surface area contributed by atoms with Crippen molar-refractivity contribution >= 4 is 31.9 Å². The standard InChI is InChI=1S/C45H64O18/c1-23-40(57-22-49)32(54-19-46)15-38(58-23)62-42-25(3)60-39(17-34(42)56-21-48)63-41-24(2)59-37(16-33(41)55-20-47)61-28-8-10-43(4)27(13-28)6-7-30-31(43)14-35(50)44(5)29(9-11-45(30,44)52)26-12-36(51)53-18-26/h12,19-25,27-35,37-42,50,52H,6-11,13-18H2,1-5H3/t23-,24-,25-,27-,28+,29-,30?,31?,32+,33+,34+,35-,37+,38+,39+,40-,41-,42-,43+,44+,45+/m1/s1. The molecule has 8 aliphatic rings. The molecule has 8 rings (SSSR count). The van der Waals surface area contributed by atoms with E-state index in [1.54, 1.807) is 19.9 Å². The summed E-state index contributed by atoms with van der Waals surface area (Å²) in [6.07, 6.45) is -2.17. The number of rotatable bonds is 15. The molecular formula is C45H64O18. The Kier molecular flexibility index (Phi) is 13.6. The van der Waals surface area contributed by atoms with Crippen molar-refractivity contribution in [3.63, 3.8) is 0 Å². The SMILES string of the molecule is C[C@H]1O[C@@H](O[C@H]2[C@@H](OC=O)C[C@H](O[C@H]3[C@@H](OC=O)C[C@H](O[C@H]4CC[C@]5(C)C6C[C@@H](O)[C@]7(C)[C@@H](C8=CC(=O)OC8)CC[C@]7(O)C6CC[C@@H]5C4)O[C@@H]3C)O[C@@H]2C)C[C@H](OC=O)[C@@H]1OC=O. The van der Waals surface area contributed by atoms with Crippen molar-refractivity contribution in [3.05, 3.63) is 11.6 Å². The summed E-state index contributed by atoms with van der Waals surface area (Å²) in [6, 6.07) is 0. The largest absolute Gasteiger partial charge is 0.461 e. The zero-order valence-electron chi connectivity index (χ0n) is 36.7. The van der Waals surface area contributed by atoms with Gasteiger partial charge in [-0.3, -0.25) is 19.2 Å². The van der Waals surface area contributed by atoms with Gasteiger partial charge in [-0.2, -0.15) is 0 Å². The van der Waals surface area contributed by atoms with E-state index in [2.05, 4.69) is 6.92 Å². The van der Waals surface area contributed by atoms with Crippen LogP contribution in [0.3, 0.4) is 0 Å². The molecule has 63 heavy (non-hydrogen) atoms. The third-order valence-electron chi connectivity index (χ3n) is 16.8. The molecule has 21 atom stereocenters. The second-order valence-corrected chi connectivity index (χ2v) is 19.6. The molecule has 0 radical (unpaired) electrons. The minimum atomic E-state index is -1.05. The molecule has 4 saturated carbocycles. The highest BCUT2D eigenvalue weighted by molar-refractivity contribution is 5.85. The van der Waals surface area contributed by atoms with E-state index in [1.807, 2.05) is 13.8 Å². The zero-order chi connectivity index (χ0) is 44.8. The Hall–Kier alpha value is -3.23. The molecule has 18 heteroatoms. The summed E-state index contributed by atoms with van der Waals surface area (Å²) >= 11 is 0. The molecule has 3 saturated heterocycles. The first-order valence-electron chi connectivity index (χ1n) is 22.7. The molecule has 0 aromatic rings. The fourth-order valence-corrected chi connectivity index (χ4v) is 13.6. The topological polar surface area (TPSA) is 227 Å². The van der Waals surface area contributed by atoms with Gasteiger partial charge in [0.15, 0.2) is 25.0 Å². The van der Waals surface area contributed by atoms with E-state index >= 15 is 0 Å². The van der Waals surface area contributed by atoms with Crippen LogP contribution < -0.4 is 0 Å². The van der Waals surface area contributed by atoms with Crippen LogP contribution in [-0.4, -0.2) is 140 Å². The van der Waals surface area contributed by atoms with Crippen molar-refractivity contribution in [2.75, 3.05) is 6.61 Å². The molecule has 4 aliphatic carbocycles. The van der Waals surface area contributed by atoms with Crippen LogP contribution in [-0.2, 0) is 76.1 Å². The van der Waals surface area contributed by atoms with Crippen LogP contribution in [0, 0.1) is 34.5 Å². The summed E-state index contributed by atoms with van der Waals surface area (Å²) in [5.74, 6) is 0.0163. The average molecular weight is 893 g/mol. The number of aliphatic hydroxyl groups is 2. The third kappa shape index (κ3) is 8.44. The monoisotopic (exact) mass is 892 g/mol. The van der Waals surface area contributed by atoms with E-state index < -0.39 is 90.9 Å². The summed E-state index contributed by atoms with van der Waals surface area (Å²) < 4.78 is 64.5. The zero-order valence-corrected chi connectivity index (χ0v) is 36.7. The smallest absolute Gasteiger partial charge is 0.331 e. The van der Waals surface area contributed by atoms with Crippen molar-refractivity contribution < 1.29 is 86.3 Å². The normalized spacial score (nSPS) is 49.4. The van der Waals surface area contributed by atoms with E-state index in [9.17, 15) is 34.2 Å². The van der Waals surface area contributed by atoms with Crippen LogP contribution in [0.1, 0.15) is 105 Å². The lowest BCUT2D eigenvalue weighted by Gasteiger charge is -2.65. The van der Waals surface area contributed by atoms with Gasteiger partial charge in [0.2, 0.25) is 0 Å². The van der Waals surface area contributed by atoms with Gasteiger partial charge in [-0.15, -0.1) is 0 Å². The second-order valence-electron chi connectivity index (χ2n) is 19.6. The van der Waals surface area contributed by atoms with Crippen molar-refractivity contribution in [2.24, 2.45) is 34.5 Å². The number of carbonyl (C=O) groups excluding carboxylic acids is 5. The minimum absolute atomic E-state index is 0.0363. The molecule has 352 valence electrons. The molecule has 0 amide bonds. The molecule has 7 fully saturated rings. The van der Waals surface area contributed by atoms with Gasteiger partial charge in [0.25, 0.3) is 25.9 Å². The maximum absolute atomic E-state index is 12.6. The maximum Gasteiger partial charge on any atom is 0.331 e. The van der Waals surface area contributed by atoms with Gasteiger partial charge < -0.3 is 62.3 Å². The van der Waals surface area contributed by atoms with Gasteiger partial charge in [0, 0.05) is 30.8 Å². The summed E-state index contributed by atoms with van der Waals surface area (Å²) in [5, 5.41) is 24.6. The predicted molar refractivity (Wildman–Crippen MR) is 212 cm³/mol. The van der Waals surface area contributed by atoms with Crippen molar-refractivity contribution in [1.82, 2.24) is 0 Å². The predicted octanol–water partition coefficient (Wildman–Crippen LogP) is 2.94. The Balaban J connectivity index is 0.869. The van der Waals surface area contributed by atoms with Crippen LogP contribution in [0.15, 0.2) is 11.6 Å². The summed E-state index contributed by atoms with van der Waals surface area (Å²) in [6.45, 7) is 11.0. The number of hydrogen-bond donors (Lipinski definition) is 2. The fourth-order valence-electron chi connectivity index (χ4n) is 13.6. The molecule has 4 aliphatic heterocycles. The molecule has 0 aromatic carbocycles. The fraction of sp³-hybridized carbons (Fsp3) is 0.844. The molecule has 18 nitrogen and oxygen atoms in total. The van der Waals surface area contributed by atoms with Gasteiger partial charge in [-0.1, -0.05) is 13.8 Å². The molecular weight excluding hydrogens is 828 g/mol. The Morgan fingerprint density at radius 2 is 1.19 bits per heavy atom. The van der Waals surface area contributed by atoms with Gasteiger partial charge >= 0.3 is 5.97 Å². The average Bonchev–Trinajstić information content (AvgIpc) is 3.79. The van der Waals surface area contributed by atoms with E-state index in [1.165, 1.54) is 0 Å². The lowest BCUT2D eigenvalue weighted by molar-refractivity contribution is -0.336. The number of fused-ring (bicyclic) bond motifs is 5. The molecule has 0 bridgehead atoms. The van der Waals surface area contributed by atoms with Gasteiger partial charge in [-0.05, 0) is 107 Å². The highest BCUT2D eigenvalue weighted by atomic mass is 16.8. The maximum atomic E-state index is 12.6. The summed E-state index contributed by atoms with van der Waals surface area (Å²) in [5.41, 5.74) is -1.04. The first-order chi connectivity index (χ1) is 30.2. The van der Waals surface area contributed by atoms with Crippen LogP contribution in [0.25, 0.3) is 0 Å². The third-order valence-corrected chi connectivity index (χ3v) is 16.8. The first-order valence-corrected chi connectivity index (χ1v) is 22.7. The minimum Gasteiger partial charge on any atom is -0.461 e. The van der Waals surface area contributed by atoms with Crippen LogP contribution in [0.2, 0.25) is 0 Å². The molecule has 4 heterocycles. The van der Waals surface area contributed by atoms with E-state index in [-0.39, 0.29) is 74.1 Å². The Morgan fingerprint density at radius 3 is 1.73 bits per heavy atom. The Labute approximate surface area is 367 Å². The molecule has 2 N–H and O–H groups in total. The number of aliphatic hydroxyl groups excluding tert-OH is 1. The Bertz CT molecular complexity index is 1710. The van der Waals surface area contributed by atoms with Gasteiger partial charge in [0.1, 0.15) is 37.1 Å². The number of cyclic esters (lactones) is 1. The molecule has 0 spiro atoms. The van der Waals surface area contributed by atoms with Gasteiger partial charge in [-0.25, -0.2) is 4.79 Å². The second kappa shape index (κ2) is 18.6. The number of esters is 1. The van der Waals surface area contributed by atoms with Crippen LogP contribution >= 0.6 is 0 Å². The lowest BCUT2D eigenvalue weighted by Crippen LogP contribution is -2.67. The van der Waals surface area contributed by atoms with Crippen molar-refractivity contribution in [3.8, 4) is 0 Å². The quantitative estimate of drug-likeness (QED) is 0.104. The number of carbonyl (C=O) groups is 5. The molecule has 2 unspecified atom stereocenters. The Morgan fingerprint density at radius 1 is 0.651 bits per heavy atom. The van der Waals surface area contributed by atoms with Gasteiger partial charge in [0.05, 0.1) is 36.1 Å². The van der Waals surface area contributed by atoms with E-state index in [0.29, 0.717) is 38.1 Å².